The predicted molar refractivity (Wildman–Crippen MR) is 294 cm³/mol. The van der Waals surface area contributed by atoms with Crippen LogP contribution in [0.25, 0.3) is 0 Å². The van der Waals surface area contributed by atoms with Crippen LogP contribution in [0.1, 0.15) is 71.0 Å². The van der Waals surface area contributed by atoms with E-state index in [0.29, 0.717) is 52.4 Å². The van der Waals surface area contributed by atoms with E-state index < -0.39 is 29.0 Å². The minimum atomic E-state index is -6.00. The molecule has 88 heavy (non-hydrogen) atoms. The zero-order valence-electron chi connectivity index (χ0n) is 46.5. The summed E-state index contributed by atoms with van der Waals surface area (Å²) in [6.07, 6.45) is 7.22. The van der Waals surface area contributed by atoms with E-state index in [0.717, 1.165) is 59.2 Å². The fraction of sp³-hybridized carbons (Fsp3) is 0.240. The maximum atomic E-state index is 9.75. The van der Waals surface area contributed by atoms with Gasteiger partial charge in [0.2, 0.25) is 0 Å². The number of pyridine rings is 4. The van der Waals surface area contributed by atoms with Crippen LogP contribution in [0, 0.1) is 22.7 Å². The van der Waals surface area contributed by atoms with E-state index in [-0.39, 0.29) is 34.1 Å². The molecular formula is C50H56B4F16Fe2N16+4. The van der Waals surface area contributed by atoms with Crippen LogP contribution in [0.4, 0.5) is 69.1 Å². The summed E-state index contributed by atoms with van der Waals surface area (Å²) in [6, 6.07) is 47.9. The van der Waals surface area contributed by atoms with Crippen molar-refractivity contribution in [2.45, 2.75) is 79.3 Å². The molecule has 0 unspecified atom stereocenters. The zero-order valence-corrected chi connectivity index (χ0v) is 48.7. The molecular weight excluding hydrogens is 1280 g/mol. The van der Waals surface area contributed by atoms with Crippen LogP contribution in [-0.4, -0.2) is 78.5 Å². The number of aromatic nitrogens is 10. The van der Waals surface area contributed by atoms with Gasteiger partial charge in [0.15, 0.2) is 0 Å². The van der Waals surface area contributed by atoms with Gasteiger partial charge in [-0.1, -0.05) is 84.9 Å². The van der Waals surface area contributed by atoms with E-state index in [1.807, 2.05) is 84.9 Å². The summed E-state index contributed by atoms with van der Waals surface area (Å²) < 4.78 is 160. The van der Waals surface area contributed by atoms with E-state index in [1.165, 1.54) is 25.0 Å². The van der Waals surface area contributed by atoms with Crippen LogP contribution in [0.5, 0.6) is 0 Å². The number of halogens is 16. The van der Waals surface area contributed by atoms with Gasteiger partial charge in [0.25, 0.3) is 0 Å². The smallest absolute Gasteiger partial charge is 0.418 e. The van der Waals surface area contributed by atoms with Crippen molar-refractivity contribution < 1.29 is 103 Å². The summed E-state index contributed by atoms with van der Waals surface area (Å²) >= 11 is 0. The molecule has 0 radical (unpaired) electrons. The summed E-state index contributed by atoms with van der Waals surface area (Å²) in [6.45, 7) is 9.56. The summed E-state index contributed by atoms with van der Waals surface area (Å²) in [7, 11) is -24.0. The van der Waals surface area contributed by atoms with Gasteiger partial charge in [0.1, 0.15) is 23.3 Å². The molecule has 0 spiro atoms. The van der Waals surface area contributed by atoms with Gasteiger partial charge in [-0.25, -0.2) is 0 Å². The van der Waals surface area contributed by atoms with Gasteiger partial charge in [-0.05, 0) is 59.7 Å². The second-order valence-electron chi connectivity index (χ2n) is 16.3. The maximum Gasteiger partial charge on any atom is 4.00 e. The van der Waals surface area contributed by atoms with Crippen molar-refractivity contribution >= 4 is 29.0 Å². The van der Waals surface area contributed by atoms with Crippen LogP contribution in [-0.2, 0) is 99.6 Å². The molecule has 4 N–H and O–H groups in total. The quantitative estimate of drug-likeness (QED) is 0.0414. The summed E-state index contributed by atoms with van der Waals surface area (Å²) in [4.78, 5) is 17.4. The van der Waals surface area contributed by atoms with Crippen molar-refractivity contribution in [3.8, 4) is 12.1 Å². The number of hydrogen-bond donors (Lipinski definition) is 4. The molecule has 16 nitrogen and oxygen atoms in total. The molecule has 0 aliphatic heterocycles. The van der Waals surface area contributed by atoms with E-state index in [1.54, 1.807) is 36.9 Å². The van der Waals surface area contributed by atoms with Crippen LogP contribution in [0.2, 0.25) is 0 Å². The van der Waals surface area contributed by atoms with Gasteiger partial charge in [-0.2, -0.15) is 10.5 Å². The SMILES string of the molecule is CC#N.CC#N.F[B-](F)(F)F.F[B-](F)(F)F.F[B-](F)(F)F.F[B-](F)(F)F.[Fe+4].[Fe+4].c1ccc(Cn2c(CNCc3ccccn3)nnc2CNCc2ccccn2)cc1.c1ccc(Cn2c(CNCc3ccccn3)nnc2CNCc2ccccn2)cc1. The molecule has 0 amide bonds. The van der Waals surface area contributed by atoms with Gasteiger partial charge in [0, 0.05) is 64.8 Å². The summed E-state index contributed by atoms with van der Waals surface area (Å²) in [5.41, 5.74) is 6.45. The van der Waals surface area contributed by atoms with Gasteiger partial charge in [0.05, 0.1) is 74.2 Å². The van der Waals surface area contributed by atoms with Crippen molar-refractivity contribution in [1.29, 1.82) is 10.5 Å². The molecule has 38 heteroatoms. The van der Waals surface area contributed by atoms with Crippen molar-refractivity contribution in [1.82, 2.24) is 70.7 Å². The Bertz CT molecular complexity index is 2690. The number of benzene rings is 2. The second-order valence-corrected chi connectivity index (χ2v) is 16.3. The number of nitrogens with one attached hydrogen (secondary N) is 4. The topological polar surface area (TPSA) is 209 Å². The second kappa shape index (κ2) is 46.5. The zero-order chi connectivity index (χ0) is 64.3. The number of rotatable bonds is 20. The minimum Gasteiger partial charge on any atom is -0.418 e. The first-order chi connectivity index (χ1) is 40.6. The normalized spacial score (nSPS) is 10.4. The molecule has 0 atom stereocenters. The van der Waals surface area contributed by atoms with E-state index >= 15 is 0 Å². The molecule has 0 aliphatic carbocycles. The Morgan fingerprint density at radius 2 is 0.511 bits per heavy atom. The van der Waals surface area contributed by atoms with Crippen LogP contribution in [0.15, 0.2) is 158 Å². The molecule has 0 fully saturated rings. The van der Waals surface area contributed by atoms with Gasteiger partial charge in [-0.3, -0.25) is 19.9 Å². The monoisotopic (exact) mass is 1340 g/mol. The third kappa shape index (κ3) is 48.4. The van der Waals surface area contributed by atoms with Crippen molar-refractivity contribution in [3.05, 3.63) is 215 Å². The Hall–Kier alpha value is -7.68. The molecule has 6 aromatic heterocycles. The van der Waals surface area contributed by atoms with Crippen molar-refractivity contribution in [3.63, 3.8) is 0 Å². The first-order valence-corrected chi connectivity index (χ1v) is 25.0. The van der Waals surface area contributed by atoms with Crippen molar-refractivity contribution in [2.75, 3.05) is 0 Å². The van der Waals surface area contributed by atoms with E-state index in [2.05, 4.69) is 119 Å². The summed E-state index contributed by atoms with van der Waals surface area (Å²) in [5.74, 6) is 3.63. The Kier molecular flexibility index (Phi) is 43.5. The molecule has 0 aliphatic rings. The average Bonchev–Trinajstić information content (AvgIpc) is 3.07. The van der Waals surface area contributed by atoms with Crippen LogP contribution >= 0.6 is 0 Å². The largest absolute Gasteiger partial charge is 4.00 e. The van der Waals surface area contributed by atoms with E-state index in [9.17, 15) is 69.1 Å². The molecule has 6 heterocycles. The molecule has 2 aromatic carbocycles. The number of hydrogen-bond acceptors (Lipinski definition) is 14. The van der Waals surface area contributed by atoms with Gasteiger partial charge >= 0.3 is 63.2 Å². The van der Waals surface area contributed by atoms with Gasteiger partial charge in [-0.15, -0.1) is 20.4 Å². The summed E-state index contributed by atoms with van der Waals surface area (Å²) in [5, 5.41) is 46.1. The number of nitrogens with zero attached hydrogens (tertiary/aromatic N) is 12. The minimum absolute atomic E-state index is 0. The molecule has 8 rings (SSSR count). The van der Waals surface area contributed by atoms with Crippen LogP contribution in [0.3, 0.4) is 0 Å². The Morgan fingerprint density at radius 3 is 0.682 bits per heavy atom. The number of nitriles is 2. The average molecular weight is 1340 g/mol. The maximum absolute atomic E-state index is 9.75. The molecule has 0 saturated heterocycles. The van der Waals surface area contributed by atoms with Gasteiger partial charge < -0.3 is 99.5 Å². The predicted octanol–water partition coefficient (Wildman–Crippen LogP) is 11.6. The van der Waals surface area contributed by atoms with E-state index in [4.69, 9.17) is 10.5 Å². The van der Waals surface area contributed by atoms with Crippen molar-refractivity contribution in [2.24, 2.45) is 0 Å². The Labute approximate surface area is 518 Å². The first kappa shape index (κ1) is 82.4. The molecule has 0 saturated carbocycles. The Balaban J connectivity index is 0. The third-order valence-corrected chi connectivity index (χ3v) is 9.44. The van der Waals surface area contributed by atoms with Crippen LogP contribution < -0.4 is 21.3 Å². The fourth-order valence-electron chi connectivity index (χ4n) is 6.39. The first-order valence-electron chi connectivity index (χ1n) is 25.0. The molecule has 8 aromatic rings. The fourth-order valence-corrected chi connectivity index (χ4v) is 6.39. The molecule has 472 valence electrons. The Morgan fingerprint density at radius 1 is 0.330 bits per heavy atom. The standard InChI is InChI=1S/2C23H25N7.2C2H3N.4BF4.2Fe/c2*1-2-8-19(9-3-1)18-30-22(16-24-14-20-10-4-6-12-26-20)28-29-23(30)17-25-15-21-11-5-7-13-27-21;2*1-2-3;4*2-1(3,4)5;;/h2*1-13,24-25H,14-18H2;2*1H3;;;;;;/q;;;;4*-1;2*+4. The third-order valence-electron chi connectivity index (χ3n) is 9.44. The molecule has 0 bridgehead atoms.